The average Bonchev–Trinajstić information content (AvgIpc) is 3.04. The Morgan fingerprint density at radius 3 is 2.62 bits per heavy atom. The second-order valence-electron chi connectivity index (χ2n) is 6.80. The van der Waals surface area contributed by atoms with Gasteiger partial charge in [-0.1, -0.05) is 6.07 Å². The van der Waals surface area contributed by atoms with Crippen LogP contribution < -0.4 is 4.74 Å². The van der Waals surface area contributed by atoms with Gasteiger partial charge in [-0.15, -0.1) is 4.31 Å². The Bertz CT molecular complexity index is 1010. The number of nitriles is 2. The number of halogens is 1. The monoisotopic (exact) mass is 415 g/mol. The van der Waals surface area contributed by atoms with Gasteiger partial charge in [0.25, 0.3) is 0 Å². The second kappa shape index (κ2) is 8.37. The molecule has 2 aromatic rings. The molecule has 0 bridgehead atoms. The molecule has 7 nitrogen and oxygen atoms in total. The van der Waals surface area contributed by atoms with Gasteiger partial charge in [-0.2, -0.15) is 10.5 Å². The summed E-state index contributed by atoms with van der Waals surface area (Å²) in [5.74, 6) is -0.701. The highest BCUT2D eigenvalue weighted by Crippen LogP contribution is 2.32. The number of aliphatic hydroxyl groups excluding tert-OH is 1. The fourth-order valence-corrected chi connectivity index (χ4v) is 4.47. The maximum absolute atomic E-state index is 13.8. The molecule has 0 saturated carbocycles. The summed E-state index contributed by atoms with van der Waals surface area (Å²) < 4.78 is 33.9. The molecule has 3 atom stereocenters. The Labute approximate surface area is 170 Å². The van der Waals surface area contributed by atoms with E-state index >= 15 is 0 Å². The van der Waals surface area contributed by atoms with Crippen molar-refractivity contribution < 1.29 is 23.9 Å². The van der Waals surface area contributed by atoms with Crippen LogP contribution in [0.2, 0.25) is 0 Å². The summed E-state index contributed by atoms with van der Waals surface area (Å²) in [6, 6.07) is 12.3. The quantitative estimate of drug-likeness (QED) is 0.707. The number of aryl methyl sites for hydroxylation is 1. The molecular formula is C20H18FN3O4S. The van der Waals surface area contributed by atoms with Gasteiger partial charge >= 0.3 is 0 Å². The minimum Gasteiger partial charge on any atom is -0.593 e. The van der Waals surface area contributed by atoms with Crippen molar-refractivity contribution in [2.24, 2.45) is 0 Å². The minimum absolute atomic E-state index is 0.0238. The summed E-state index contributed by atoms with van der Waals surface area (Å²) in [6.45, 7) is 0.958. The van der Waals surface area contributed by atoms with Crippen LogP contribution in [-0.4, -0.2) is 50.5 Å². The van der Waals surface area contributed by atoms with Crippen LogP contribution in [0.4, 0.5) is 4.39 Å². The Morgan fingerprint density at radius 2 is 2.00 bits per heavy atom. The first-order chi connectivity index (χ1) is 13.8. The van der Waals surface area contributed by atoms with Crippen LogP contribution in [0.5, 0.6) is 5.75 Å². The van der Waals surface area contributed by atoms with E-state index in [1.54, 1.807) is 24.3 Å². The van der Waals surface area contributed by atoms with Gasteiger partial charge in [0.15, 0.2) is 4.90 Å². The fraction of sp³-hybridized carbons (Fsp3) is 0.300. The zero-order valence-electron chi connectivity index (χ0n) is 15.5. The summed E-state index contributed by atoms with van der Waals surface area (Å²) in [6.07, 6.45) is -1.00. The molecule has 2 N–H and O–H groups in total. The molecule has 1 fully saturated rings. The van der Waals surface area contributed by atoms with Crippen molar-refractivity contribution in [3.05, 3.63) is 58.9 Å². The molecule has 2 unspecified atom stereocenters. The van der Waals surface area contributed by atoms with Gasteiger partial charge in [0.2, 0.25) is 0 Å². The number of β-amino-alcohol motifs (C(OH)–C–C–N with tert-alkyl or cyclic N) is 1. The maximum Gasteiger partial charge on any atom is 0.191 e. The van der Waals surface area contributed by atoms with Crippen LogP contribution in [0.3, 0.4) is 0 Å². The SMILES string of the molecule is Cc1ccc([S+]([O-])N2C[C@H](Oc3ccc(C#N)c(F)c3)C(O)(CO)C2)c(C#N)c1. The molecule has 150 valence electrons. The second-order valence-corrected chi connectivity index (χ2v) is 8.26. The van der Waals surface area contributed by atoms with E-state index < -0.39 is 35.5 Å². The van der Waals surface area contributed by atoms with Crippen LogP contribution >= 0.6 is 0 Å². The van der Waals surface area contributed by atoms with Crippen molar-refractivity contribution in [1.82, 2.24) is 4.31 Å². The van der Waals surface area contributed by atoms with Crippen LogP contribution in [-0.2, 0) is 11.4 Å². The van der Waals surface area contributed by atoms with Gasteiger partial charge in [-0.3, -0.25) is 0 Å². The first-order valence-electron chi connectivity index (χ1n) is 8.68. The predicted octanol–water partition coefficient (Wildman–Crippen LogP) is 1.39. The van der Waals surface area contributed by atoms with Gasteiger partial charge in [0.05, 0.1) is 36.6 Å². The van der Waals surface area contributed by atoms with E-state index in [1.807, 2.05) is 13.0 Å². The summed E-state index contributed by atoms with van der Waals surface area (Å²) in [5.41, 5.74) is -0.779. The Balaban J connectivity index is 1.84. The predicted molar refractivity (Wildman–Crippen MR) is 101 cm³/mol. The first-order valence-corrected chi connectivity index (χ1v) is 9.79. The molecule has 1 saturated heterocycles. The molecule has 2 aromatic carbocycles. The van der Waals surface area contributed by atoms with E-state index in [2.05, 4.69) is 0 Å². The molecule has 3 rings (SSSR count). The topological polar surface area (TPSA) is 124 Å². The summed E-state index contributed by atoms with van der Waals surface area (Å²) in [5, 5.41) is 38.6. The van der Waals surface area contributed by atoms with Crippen molar-refractivity contribution in [2.45, 2.75) is 23.5 Å². The van der Waals surface area contributed by atoms with Crippen LogP contribution in [0.1, 0.15) is 16.7 Å². The number of ether oxygens (including phenoxy) is 1. The molecule has 29 heavy (non-hydrogen) atoms. The number of hydrogen-bond acceptors (Lipinski definition) is 7. The Morgan fingerprint density at radius 1 is 1.28 bits per heavy atom. The zero-order chi connectivity index (χ0) is 21.2. The minimum atomic E-state index is -1.77. The van der Waals surface area contributed by atoms with Crippen molar-refractivity contribution in [2.75, 3.05) is 19.7 Å². The van der Waals surface area contributed by atoms with Crippen LogP contribution in [0.15, 0.2) is 41.3 Å². The molecule has 1 heterocycles. The van der Waals surface area contributed by atoms with Crippen molar-refractivity contribution in [3.63, 3.8) is 0 Å². The largest absolute Gasteiger partial charge is 0.593 e. The van der Waals surface area contributed by atoms with E-state index in [1.165, 1.54) is 16.4 Å². The number of nitrogens with zero attached hydrogens (tertiary/aromatic N) is 3. The van der Waals surface area contributed by atoms with Gasteiger partial charge in [0, 0.05) is 6.07 Å². The van der Waals surface area contributed by atoms with Crippen LogP contribution in [0, 0.1) is 35.4 Å². The number of aliphatic hydroxyl groups is 2. The van der Waals surface area contributed by atoms with Crippen LogP contribution in [0.25, 0.3) is 0 Å². The zero-order valence-corrected chi connectivity index (χ0v) is 16.3. The molecule has 0 spiro atoms. The molecule has 0 radical (unpaired) electrons. The van der Waals surface area contributed by atoms with E-state index in [0.717, 1.165) is 11.6 Å². The highest BCUT2D eigenvalue weighted by Gasteiger charge is 2.51. The van der Waals surface area contributed by atoms with Gasteiger partial charge in [-0.25, -0.2) is 4.39 Å². The lowest BCUT2D eigenvalue weighted by Crippen LogP contribution is -2.48. The first kappa shape index (κ1) is 21.1. The highest BCUT2D eigenvalue weighted by atomic mass is 32.2. The molecule has 1 aliphatic rings. The van der Waals surface area contributed by atoms with Gasteiger partial charge in [-0.05, 0) is 36.8 Å². The van der Waals surface area contributed by atoms with E-state index in [4.69, 9.17) is 10.00 Å². The van der Waals surface area contributed by atoms with E-state index in [-0.39, 0.29) is 30.0 Å². The Kier molecular flexibility index (Phi) is 6.08. The highest BCUT2D eigenvalue weighted by molar-refractivity contribution is 7.89. The van der Waals surface area contributed by atoms with Crippen molar-refractivity contribution in [1.29, 1.82) is 10.5 Å². The third-order valence-electron chi connectivity index (χ3n) is 4.71. The number of benzene rings is 2. The molecule has 9 heteroatoms. The third-order valence-corrected chi connectivity index (χ3v) is 6.19. The lowest BCUT2D eigenvalue weighted by molar-refractivity contribution is -0.0641. The molecule has 0 aliphatic carbocycles. The maximum atomic E-state index is 13.8. The van der Waals surface area contributed by atoms with E-state index in [0.29, 0.717) is 4.90 Å². The van der Waals surface area contributed by atoms with E-state index in [9.17, 15) is 24.4 Å². The molecule has 0 aromatic heterocycles. The average molecular weight is 415 g/mol. The number of rotatable bonds is 5. The lowest BCUT2D eigenvalue weighted by Gasteiger charge is -2.26. The van der Waals surface area contributed by atoms with Gasteiger partial charge < -0.3 is 19.5 Å². The fourth-order valence-electron chi connectivity index (χ4n) is 3.10. The third kappa shape index (κ3) is 4.20. The molecule has 1 aliphatic heterocycles. The lowest BCUT2D eigenvalue weighted by atomic mass is 10.0. The summed E-state index contributed by atoms with van der Waals surface area (Å²) in [7, 11) is 0. The summed E-state index contributed by atoms with van der Waals surface area (Å²) >= 11 is -1.77. The van der Waals surface area contributed by atoms with Gasteiger partial charge in [0.1, 0.15) is 41.0 Å². The van der Waals surface area contributed by atoms with Crippen molar-refractivity contribution >= 4 is 11.4 Å². The Hall–Kier alpha value is -2.66. The number of hydrogen-bond donors (Lipinski definition) is 2. The van der Waals surface area contributed by atoms with Crippen molar-refractivity contribution in [3.8, 4) is 17.9 Å². The molecular weight excluding hydrogens is 397 g/mol. The molecule has 0 amide bonds. The smallest absolute Gasteiger partial charge is 0.191 e. The summed E-state index contributed by atoms with van der Waals surface area (Å²) in [4.78, 5) is 0.295. The standard InChI is InChI=1S/C20H18FN3O4S/c1-13-2-5-18(15(6-13)9-23)29(27)24-10-19(20(26,11-24)12-25)28-16-4-3-14(8-22)17(21)7-16/h2-7,19,25-26H,10-12H2,1H3/t19-,20?,29?/m0/s1. The normalized spacial score (nSPS) is 22.7.